The molecule has 0 unspecified atom stereocenters. The van der Waals surface area contributed by atoms with E-state index in [0.717, 1.165) is 0 Å². The van der Waals surface area contributed by atoms with Crippen molar-refractivity contribution < 1.29 is 28.8 Å². The molecule has 0 aromatic rings. The lowest BCUT2D eigenvalue weighted by molar-refractivity contribution is -0.966. The minimum absolute atomic E-state index is 0.401. The molecular weight excluding hydrogens is 368 g/mol. The number of carboxylic acid groups (broad SMARTS) is 2. The molecule has 0 aliphatic heterocycles. The number of nitrogens with zero attached hydrogens (tertiary/aromatic N) is 2. The third kappa shape index (κ3) is 11.0. The summed E-state index contributed by atoms with van der Waals surface area (Å²) >= 11 is 0. The van der Waals surface area contributed by atoms with Crippen molar-refractivity contribution >= 4 is 11.9 Å². The van der Waals surface area contributed by atoms with Crippen molar-refractivity contribution in [2.24, 2.45) is 0 Å². The maximum Gasteiger partial charge on any atom is 0.0907 e. The van der Waals surface area contributed by atoms with Crippen LogP contribution in [0, 0.1) is 0 Å². The zero-order valence-corrected chi connectivity index (χ0v) is 21.5. The molecule has 0 heterocycles. The number of carbonyl (C=O) groups is 2. The van der Waals surface area contributed by atoms with Gasteiger partial charge in [0.25, 0.3) is 0 Å². The van der Waals surface area contributed by atoms with Crippen LogP contribution >= 0.6 is 0 Å². The van der Waals surface area contributed by atoms with Crippen LogP contribution in [0.25, 0.3) is 0 Å². The monoisotopic (exact) mass is 418 g/mol. The fourth-order valence-electron chi connectivity index (χ4n) is 4.31. The minimum atomic E-state index is -1.63. The van der Waals surface area contributed by atoms with Crippen molar-refractivity contribution in [3.63, 3.8) is 0 Å². The van der Waals surface area contributed by atoms with E-state index in [9.17, 15) is 19.8 Å². The SMILES string of the molecule is CC[N+](CC)(CC)C(C)(C)C.CC[N+](CC)(CC)C(C)(C)C.O=C([O-])CC(=O)[O-]. The molecule has 0 saturated carbocycles. The standard InChI is InChI=1S/2C10H24N.C3H4O4/c2*1-7-11(8-2,9-3)10(4,5)6;4-2(5)1-3(6)7/h2*7-9H2,1-6H3;1H2,(H,4,5)(H,6,7)/q2*+1;/p-2. The Bertz CT molecular complexity index is 396. The predicted molar refractivity (Wildman–Crippen MR) is 118 cm³/mol. The maximum atomic E-state index is 9.28. The zero-order valence-electron chi connectivity index (χ0n) is 21.5. The molecule has 0 atom stereocenters. The van der Waals surface area contributed by atoms with Crippen LogP contribution < -0.4 is 10.2 Å². The molecule has 0 fully saturated rings. The van der Waals surface area contributed by atoms with Gasteiger partial charge in [-0.15, -0.1) is 0 Å². The Balaban J connectivity index is -0.000000360. The van der Waals surface area contributed by atoms with E-state index in [0.29, 0.717) is 11.1 Å². The molecule has 0 bridgehead atoms. The van der Waals surface area contributed by atoms with Crippen LogP contribution in [0.15, 0.2) is 0 Å². The summed E-state index contributed by atoms with van der Waals surface area (Å²) in [5.41, 5.74) is 0.802. The Hall–Kier alpha value is -1.14. The van der Waals surface area contributed by atoms with Crippen molar-refractivity contribution in [3.8, 4) is 0 Å². The molecule has 0 saturated heterocycles. The van der Waals surface area contributed by atoms with Gasteiger partial charge in [-0.3, -0.25) is 0 Å². The van der Waals surface area contributed by atoms with E-state index >= 15 is 0 Å². The fraction of sp³-hybridized carbons (Fsp3) is 0.913. The third-order valence-electron chi connectivity index (χ3n) is 6.77. The van der Waals surface area contributed by atoms with Gasteiger partial charge < -0.3 is 28.8 Å². The Morgan fingerprint density at radius 2 is 0.724 bits per heavy atom. The highest BCUT2D eigenvalue weighted by atomic mass is 16.4. The molecule has 6 nitrogen and oxygen atoms in total. The van der Waals surface area contributed by atoms with Gasteiger partial charge in [-0.05, 0) is 83.1 Å². The molecule has 0 radical (unpaired) electrons. The molecule has 0 spiro atoms. The summed E-state index contributed by atoms with van der Waals surface area (Å²) in [4.78, 5) is 18.6. The molecule has 0 amide bonds. The second kappa shape index (κ2) is 14.0. The lowest BCUT2D eigenvalue weighted by atomic mass is 10.0. The number of rotatable bonds is 8. The lowest BCUT2D eigenvalue weighted by Crippen LogP contribution is -2.59. The summed E-state index contributed by atoms with van der Waals surface area (Å²) in [6.07, 6.45) is -1.03. The van der Waals surface area contributed by atoms with Gasteiger partial charge >= 0.3 is 0 Å². The highest BCUT2D eigenvalue weighted by Crippen LogP contribution is 2.24. The molecular formula is C23H50N2O4. The normalized spacial score (nSPS) is 12.3. The van der Waals surface area contributed by atoms with E-state index in [1.54, 1.807) is 0 Å². The molecule has 0 N–H and O–H groups in total. The Labute approximate surface area is 181 Å². The van der Waals surface area contributed by atoms with Crippen LogP contribution in [0.3, 0.4) is 0 Å². The second-order valence-electron chi connectivity index (χ2n) is 9.45. The Morgan fingerprint density at radius 3 is 0.724 bits per heavy atom. The van der Waals surface area contributed by atoms with E-state index in [1.165, 1.54) is 48.2 Å². The smallest absolute Gasteiger partial charge is 0.0907 e. The molecule has 0 aliphatic carbocycles. The number of carbonyl (C=O) groups excluding carboxylic acids is 2. The zero-order chi connectivity index (χ0) is 24.1. The average Bonchev–Trinajstić information content (AvgIpc) is 2.56. The summed E-state index contributed by atoms with van der Waals surface area (Å²) < 4.78 is 2.46. The van der Waals surface area contributed by atoms with Crippen molar-refractivity contribution in [1.29, 1.82) is 0 Å². The summed E-state index contributed by atoms with van der Waals surface area (Å²) in [6.45, 7) is 35.2. The van der Waals surface area contributed by atoms with Gasteiger partial charge in [0.1, 0.15) is 0 Å². The second-order valence-corrected chi connectivity index (χ2v) is 9.45. The number of aliphatic carboxylic acids is 2. The molecule has 0 rings (SSSR count). The molecule has 0 aliphatic rings. The van der Waals surface area contributed by atoms with Gasteiger partial charge in [0.05, 0.1) is 50.3 Å². The van der Waals surface area contributed by atoms with Crippen molar-refractivity contribution in [3.05, 3.63) is 0 Å². The molecule has 29 heavy (non-hydrogen) atoms. The summed E-state index contributed by atoms with van der Waals surface area (Å²) in [6, 6.07) is 0. The minimum Gasteiger partial charge on any atom is -0.550 e. The maximum absolute atomic E-state index is 9.28. The number of quaternary nitrogens is 2. The van der Waals surface area contributed by atoms with E-state index in [4.69, 9.17) is 0 Å². The van der Waals surface area contributed by atoms with E-state index in [1.807, 2.05) is 0 Å². The lowest BCUT2D eigenvalue weighted by Gasteiger charge is -2.47. The van der Waals surface area contributed by atoms with Crippen molar-refractivity contribution in [2.75, 3.05) is 39.3 Å². The first kappa shape index (κ1) is 32.5. The van der Waals surface area contributed by atoms with Crippen LogP contribution in [0.2, 0.25) is 0 Å². The summed E-state index contributed by atoms with van der Waals surface area (Å²) in [5, 5.41) is 18.6. The molecule has 176 valence electrons. The van der Waals surface area contributed by atoms with E-state index < -0.39 is 18.4 Å². The molecule has 0 aromatic heterocycles. The van der Waals surface area contributed by atoms with Crippen molar-refractivity contribution in [2.45, 2.75) is 101 Å². The van der Waals surface area contributed by atoms with Gasteiger partial charge in [0.2, 0.25) is 0 Å². The van der Waals surface area contributed by atoms with Gasteiger partial charge in [0, 0.05) is 18.4 Å². The predicted octanol–water partition coefficient (Wildman–Crippen LogP) is 2.20. The number of carboxylic acids is 2. The van der Waals surface area contributed by atoms with Crippen molar-refractivity contribution in [1.82, 2.24) is 0 Å². The van der Waals surface area contributed by atoms with Crippen LogP contribution in [0.5, 0.6) is 0 Å². The first-order valence-electron chi connectivity index (χ1n) is 11.1. The van der Waals surface area contributed by atoms with Gasteiger partial charge in [-0.2, -0.15) is 0 Å². The topological polar surface area (TPSA) is 80.3 Å². The third-order valence-corrected chi connectivity index (χ3v) is 6.77. The highest BCUT2D eigenvalue weighted by Gasteiger charge is 2.35. The fourth-order valence-corrected chi connectivity index (χ4v) is 4.31. The quantitative estimate of drug-likeness (QED) is 0.447. The summed E-state index contributed by atoms with van der Waals surface area (Å²) in [7, 11) is 0. The number of hydrogen-bond acceptors (Lipinski definition) is 4. The van der Waals surface area contributed by atoms with Crippen LogP contribution in [-0.4, -0.2) is 71.3 Å². The van der Waals surface area contributed by atoms with E-state index in [-0.39, 0.29) is 0 Å². The average molecular weight is 419 g/mol. The Morgan fingerprint density at radius 1 is 0.552 bits per heavy atom. The van der Waals surface area contributed by atoms with Crippen LogP contribution in [0.4, 0.5) is 0 Å². The largest absolute Gasteiger partial charge is 0.550 e. The first-order valence-corrected chi connectivity index (χ1v) is 11.1. The highest BCUT2D eigenvalue weighted by molar-refractivity contribution is 5.86. The van der Waals surface area contributed by atoms with Gasteiger partial charge in [0.15, 0.2) is 0 Å². The Kier molecular flexibility index (Phi) is 15.7. The number of hydrogen-bond donors (Lipinski definition) is 0. The van der Waals surface area contributed by atoms with Crippen LogP contribution in [0.1, 0.15) is 89.5 Å². The van der Waals surface area contributed by atoms with Crippen LogP contribution in [-0.2, 0) is 9.59 Å². The molecule has 6 heteroatoms. The molecule has 0 aromatic carbocycles. The van der Waals surface area contributed by atoms with Gasteiger partial charge in [-0.1, -0.05) is 0 Å². The van der Waals surface area contributed by atoms with Gasteiger partial charge in [-0.25, -0.2) is 0 Å². The summed E-state index contributed by atoms with van der Waals surface area (Å²) in [5.74, 6) is -3.25. The van der Waals surface area contributed by atoms with E-state index in [2.05, 4.69) is 83.1 Å². The first-order chi connectivity index (χ1) is 13.0.